The molecule has 2 aromatic rings. The van der Waals surface area contributed by atoms with Crippen LogP contribution in [0.2, 0.25) is 0 Å². The van der Waals surface area contributed by atoms with E-state index in [0.29, 0.717) is 11.1 Å². The number of nitriles is 1. The lowest BCUT2D eigenvalue weighted by Gasteiger charge is -2.12. The molecule has 0 aliphatic heterocycles. The molecule has 0 amide bonds. The highest BCUT2D eigenvalue weighted by Gasteiger charge is 2.14. The first-order chi connectivity index (χ1) is 11.5. The van der Waals surface area contributed by atoms with Crippen molar-refractivity contribution < 1.29 is 23.0 Å². The van der Waals surface area contributed by atoms with Gasteiger partial charge in [-0.2, -0.15) is 14.0 Å². The van der Waals surface area contributed by atoms with Gasteiger partial charge in [0.25, 0.3) is 0 Å². The van der Waals surface area contributed by atoms with Gasteiger partial charge in [-0.15, -0.1) is 0 Å². The predicted octanol–water partition coefficient (Wildman–Crippen LogP) is 4.06. The van der Waals surface area contributed by atoms with Gasteiger partial charge in [0.15, 0.2) is 17.3 Å². The average Bonchev–Trinajstić information content (AvgIpc) is 2.60. The highest BCUT2D eigenvalue weighted by molar-refractivity contribution is 6.07. The second-order valence-corrected chi connectivity index (χ2v) is 4.65. The van der Waals surface area contributed by atoms with Crippen LogP contribution < -0.4 is 9.47 Å². The fourth-order valence-electron chi connectivity index (χ4n) is 2.04. The first kappa shape index (κ1) is 17.2. The third kappa shape index (κ3) is 4.17. The lowest BCUT2D eigenvalue weighted by Crippen LogP contribution is -2.05. The molecule has 0 unspecified atom stereocenters. The molecule has 0 N–H and O–H groups in total. The number of hydrogen-bond donors (Lipinski definition) is 0. The van der Waals surface area contributed by atoms with Crippen molar-refractivity contribution in [3.8, 4) is 17.6 Å². The molecule has 0 aromatic heterocycles. The standard InChI is InChI=1S/C18H13F2NO3/c1-23-16-7-3-5-13(17(16)24-18(19)20)8-9-15(22)14-6-2-4-12(10-14)11-21/h2-10,18H,1H3/b9-8+. The van der Waals surface area contributed by atoms with Crippen LogP contribution in [0.3, 0.4) is 0 Å². The van der Waals surface area contributed by atoms with Crippen molar-refractivity contribution >= 4 is 11.9 Å². The van der Waals surface area contributed by atoms with Crippen LogP contribution in [0, 0.1) is 11.3 Å². The molecule has 2 aromatic carbocycles. The van der Waals surface area contributed by atoms with E-state index in [0.717, 1.165) is 0 Å². The van der Waals surface area contributed by atoms with Crippen molar-refractivity contribution in [2.45, 2.75) is 6.61 Å². The van der Waals surface area contributed by atoms with E-state index in [1.54, 1.807) is 24.3 Å². The highest BCUT2D eigenvalue weighted by atomic mass is 19.3. The first-order valence-corrected chi connectivity index (χ1v) is 6.89. The molecule has 6 heteroatoms. The SMILES string of the molecule is COc1cccc(/C=C/C(=O)c2cccc(C#N)c2)c1OC(F)F. The normalized spacial score (nSPS) is 10.6. The van der Waals surface area contributed by atoms with Crippen molar-refractivity contribution in [2.24, 2.45) is 0 Å². The van der Waals surface area contributed by atoms with Crippen LogP contribution in [0.5, 0.6) is 11.5 Å². The summed E-state index contributed by atoms with van der Waals surface area (Å²) in [5.41, 5.74) is 0.960. The summed E-state index contributed by atoms with van der Waals surface area (Å²) in [7, 11) is 1.33. The number of para-hydroxylation sites is 1. The van der Waals surface area contributed by atoms with Gasteiger partial charge in [-0.1, -0.05) is 24.3 Å². The molecule has 4 nitrogen and oxygen atoms in total. The first-order valence-electron chi connectivity index (χ1n) is 6.89. The van der Waals surface area contributed by atoms with Crippen molar-refractivity contribution in [1.82, 2.24) is 0 Å². The Bertz CT molecular complexity index is 810. The van der Waals surface area contributed by atoms with E-state index < -0.39 is 6.61 Å². The van der Waals surface area contributed by atoms with E-state index in [1.807, 2.05) is 6.07 Å². The summed E-state index contributed by atoms with van der Waals surface area (Å²) < 4.78 is 34.6. The number of rotatable bonds is 6. The van der Waals surface area contributed by atoms with Gasteiger partial charge in [0, 0.05) is 11.1 Å². The Kier molecular flexibility index (Phi) is 5.63. The van der Waals surface area contributed by atoms with Crippen molar-refractivity contribution in [3.05, 3.63) is 65.2 Å². The topological polar surface area (TPSA) is 59.3 Å². The summed E-state index contributed by atoms with van der Waals surface area (Å²) in [6.07, 6.45) is 2.59. The van der Waals surface area contributed by atoms with Crippen molar-refractivity contribution in [1.29, 1.82) is 5.26 Å². The molecule has 0 aliphatic rings. The van der Waals surface area contributed by atoms with E-state index in [-0.39, 0.29) is 22.8 Å². The molecular formula is C18H13F2NO3. The molecule has 122 valence electrons. The lowest BCUT2D eigenvalue weighted by atomic mass is 10.1. The van der Waals surface area contributed by atoms with Crippen LogP contribution >= 0.6 is 0 Å². The highest BCUT2D eigenvalue weighted by Crippen LogP contribution is 2.33. The Hall–Kier alpha value is -3.20. The number of benzene rings is 2. The lowest BCUT2D eigenvalue weighted by molar-refractivity contribution is -0.0513. The molecular weight excluding hydrogens is 316 g/mol. The van der Waals surface area contributed by atoms with Gasteiger partial charge in [-0.25, -0.2) is 0 Å². The maximum Gasteiger partial charge on any atom is 0.387 e. The van der Waals surface area contributed by atoms with Gasteiger partial charge < -0.3 is 9.47 Å². The number of allylic oxidation sites excluding steroid dienone is 1. The Morgan fingerprint density at radius 1 is 1.25 bits per heavy atom. The summed E-state index contributed by atoms with van der Waals surface area (Å²) in [4.78, 5) is 12.2. The third-order valence-electron chi connectivity index (χ3n) is 3.13. The summed E-state index contributed by atoms with van der Waals surface area (Å²) in [6, 6.07) is 12.7. The molecule has 24 heavy (non-hydrogen) atoms. The fraction of sp³-hybridized carbons (Fsp3) is 0.111. The summed E-state index contributed by atoms with van der Waals surface area (Å²) in [5.74, 6) is -0.376. The second kappa shape index (κ2) is 7.88. The molecule has 0 spiro atoms. The van der Waals surface area contributed by atoms with E-state index in [2.05, 4.69) is 4.74 Å². The second-order valence-electron chi connectivity index (χ2n) is 4.65. The fourth-order valence-corrected chi connectivity index (χ4v) is 2.04. The minimum atomic E-state index is -3.02. The molecule has 0 atom stereocenters. The van der Waals surface area contributed by atoms with Crippen LogP contribution in [0.1, 0.15) is 21.5 Å². The molecule has 2 rings (SSSR count). The van der Waals surface area contributed by atoms with Crippen LogP contribution in [0.15, 0.2) is 48.5 Å². The molecule has 0 aliphatic carbocycles. The smallest absolute Gasteiger partial charge is 0.387 e. The monoisotopic (exact) mass is 329 g/mol. The number of alkyl halides is 2. The zero-order chi connectivity index (χ0) is 17.5. The van der Waals surface area contributed by atoms with Gasteiger partial charge in [0.1, 0.15) is 0 Å². The minimum absolute atomic E-state index is 0.136. The van der Waals surface area contributed by atoms with E-state index in [1.165, 1.54) is 37.5 Å². The molecule has 0 heterocycles. The van der Waals surface area contributed by atoms with Gasteiger partial charge >= 0.3 is 6.61 Å². The molecule has 0 radical (unpaired) electrons. The number of ether oxygens (including phenoxy) is 2. The number of carbonyl (C=O) groups excluding carboxylic acids is 1. The maximum absolute atomic E-state index is 12.6. The average molecular weight is 329 g/mol. The molecule has 0 bridgehead atoms. The minimum Gasteiger partial charge on any atom is -0.493 e. The Balaban J connectivity index is 2.31. The molecule has 0 fully saturated rings. The Morgan fingerprint density at radius 3 is 2.67 bits per heavy atom. The van der Waals surface area contributed by atoms with Gasteiger partial charge in [-0.05, 0) is 30.4 Å². The number of hydrogen-bond acceptors (Lipinski definition) is 4. The molecule has 0 saturated carbocycles. The maximum atomic E-state index is 12.6. The van der Waals surface area contributed by atoms with E-state index in [9.17, 15) is 13.6 Å². The molecule has 0 saturated heterocycles. The van der Waals surface area contributed by atoms with Crippen molar-refractivity contribution in [2.75, 3.05) is 7.11 Å². The largest absolute Gasteiger partial charge is 0.493 e. The zero-order valence-electron chi connectivity index (χ0n) is 12.7. The van der Waals surface area contributed by atoms with Gasteiger partial charge in [0.2, 0.25) is 0 Å². The van der Waals surface area contributed by atoms with E-state index in [4.69, 9.17) is 10.00 Å². The number of ketones is 1. The quantitative estimate of drug-likeness (QED) is 0.592. The number of methoxy groups -OCH3 is 1. The van der Waals surface area contributed by atoms with E-state index >= 15 is 0 Å². The van der Waals surface area contributed by atoms with Gasteiger partial charge in [0.05, 0.1) is 18.7 Å². The summed E-state index contributed by atoms with van der Waals surface area (Å²) in [5, 5.41) is 8.85. The number of halogens is 2. The number of nitrogens with zero attached hydrogens (tertiary/aromatic N) is 1. The van der Waals surface area contributed by atoms with Crippen LogP contribution in [0.25, 0.3) is 6.08 Å². The summed E-state index contributed by atoms with van der Waals surface area (Å²) in [6.45, 7) is -3.02. The zero-order valence-corrected chi connectivity index (χ0v) is 12.7. The Labute approximate surface area is 137 Å². The van der Waals surface area contributed by atoms with Crippen LogP contribution in [-0.2, 0) is 0 Å². The van der Waals surface area contributed by atoms with Crippen LogP contribution in [-0.4, -0.2) is 19.5 Å². The predicted molar refractivity (Wildman–Crippen MR) is 84.1 cm³/mol. The third-order valence-corrected chi connectivity index (χ3v) is 3.13. The Morgan fingerprint density at radius 2 is 2.00 bits per heavy atom. The van der Waals surface area contributed by atoms with Crippen LogP contribution in [0.4, 0.5) is 8.78 Å². The summed E-state index contributed by atoms with van der Waals surface area (Å²) >= 11 is 0. The number of carbonyl (C=O) groups is 1. The van der Waals surface area contributed by atoms with Crippen molar-refractivity contribution in [3.63, 3.8) is 0 Å². The van der Waals surface area contributed by atoms with Gasteiger partial charge in [-0.3, -0.25) is 4.79 Å².